The van der Waals surface area contributed by atoms with Crippen molar-refractivity contribution >= 4 is 12.0 Å². The normalized spacial score (nSPS) is 26.7. The zero-order valence-electron chi connectivity index (χ0n) is 11.1. The summed E-state index contributed by atoms with van der Waals surface area (Å²) in [7, 11) is 0. The van der Waals surface area contributed by atoms with Gasteiger partial charge < -0.3 is 14.9 Å². The highest BCUT2D eigenvalue weighted by atomic mass is 19.4. The number of halogens is 3. The number of alkyl halides is 3. The molecule has 0 aromatic rings. The van der Waals surface area contributed by atoms with E-state index in [-0.39, 0.29) is 12.5 Å². The van der Waals surface area contributed by atoms with Gasteiger partial charge in [-0.05, 0) is 25.2 Å². The van der Waals surface area contributed by atoms with Crippen molar-refractivity contribution in [2.45, 2.75) is 44.4 Å². The Hall–Kier alpha value is -1.47. The fourth-order valence-electron chi connectivity index (χ4n) is 2.64. The lowest BCUT2D eigenvalue weighted by atomic mass is 10.0. The lowest BCUT2D eigenvalue weighted by molar-refractivity contribution is -0.145. The molecule has 2 aliphatic rings. The molecule has 8 heteroatoms. The van der Waals surface area contributed by atoms with Gasteiger partial charge in [0.25, 0.3) is 0 Å². The second kappa shape index (κ2) is 5.14. The summed E-state index contributed by atoms with van der Waals surface area (Å²) >= 11 is 0. The summed E-state index contributed by atoms with van der Waals surface area (Å²) < 4.78 is 37.6. The molecule has 5 nitrogen and oxygen atoms in total. The first-order valence-corrected chi connectivity index (χ1v) is 6.57. The fourth-order valence-corrected chi connectivity index (χ4v) is 2.64. The number of likely N-dealkylation sites (tertiary alicyclic amines) is 1. The first-order chi connectivity index (χ1) is 9.20. The Kier molecular flexibility index (Phi) is 3.84. The molecular weight excluding hydrogens is 277 g/mol. The van der Waals surface area contributed by atoms with Gasteiger partial charge in [0, 0.05) is 12.6 Å². The quantitative estimate of drug-likeness (QED) is 0.865. The van der Waals surface area contributed by atoms with E-state index in [1.165, 1.54) is 0 Å². The average molecular weight is 294 g/mol. The fraction of sp³-hybridized carbons (Fsp3) is 0.833. The highest BCUT2D eigenvalue weighted by Gasteiger charge is 2.46. The number of amides is 2. The maximum Gasteiger partial charge on any atom is 0.406 e. The molecule has 1 saturated carbocycles. The van der Waals surface area contributed by atoms with Gasteiger partial charge >= 0.3 is 18.2 Å². The monoisotopic (exact) mass is 294 g/mol. The highest BCUT2D eigenvalue weighted by molar-refractivity contribution is 5.84. The van der Waals surface area contributed by atoms with Crippen LogP contribution in [-0.2, 0) is 4.79 Å². The van der Waals surface area contributed by atoms with Crippen molar-refractivity contribution < 1.29 is 27.9 Å². The second-order valence-electron chi connectivity index (χ2n) is 5.50. The van der Waals surface area contributed by atoms with E-state index in [0.717, 1.165) is 9.80 Å². The predicted molar refractivity (Wildman–Crippen MR) is 63.1 cm³/mol. The maximum atomic E-state index is 12.5. The zero-order chi connectivity index (χ0) is 15.1. The van der Waals surface area contributed by atoms with Crippen LogP contribution in [0, 0.1) is 5.92 Å². The third kappa shape index (κ3) is 3.16. The third-order valence-corrected chi connectivity index (χ3v) is 3.78. The molecule has 1 saturated heterocycles. The Morgan fingerprint density at radius 2 is 1.90 bits per heavy atom. The van der Waals surface area contributed by atoms with Crippen molar-refractivity contribution in [2.24, 2.45) is 5.92 Å². The van der Waals surface area contributed by atoms with E-state index in [9.17, 15) is 22.8 Å². The molecule has 2 atom stereocenters. The van der Waals surface area contributed by atoms with Crippen molar-refractivity contribution in [3.63, 3.8) is 0 Å². The number of nitrogens with zero attached hydrogens (tertiary/aromatic N) is 2. The third-order valence-electron chi connectivity index (χ3n) is 3.78. The average Bonchev–Trinajstić information content (AvgIpc) is 3.06. The smallest absolute Gasteiger partial charge is 0.406 e. The Morgan fingerprint density at radius 1 is 1.30 bits per heavy atom. The van der Waals surface area contributed by atoms with Gasteiger partial charge in [-0.15, -0.1) is 0 Å². The van der Waals surface area contributed by atoms with Gasteiger partial charge in [0.2, 0.25) is 0 Å². The second-order valence-corrected chi connectivity index (χ2v) is 5.50. The van der Waals surface area contributed by atoms with Crippen LogP contribution in [0.1, 0.15) is 26.2 Å². The van der Waals surface area contributed by atoms with Crippen LogP contribution in [0.2, 0.25) is 0 Å². The summed E-state index contributed by atoms with van der Waals surface area (Å²) in [5.41, 5.74) is 0. The molecule has 2 amide bonds. The molecule has 2 unspecified atom stereocenters. The van der Waals surface area contributed by atoms with Crippen LogP contribution in [0.4, 0.5) is 18.0 Å². The van der Waals surface area contributed by atoms with Gasteiger partial charge in [-0.3, -0.25) is 0 Å². The minimum Gasteiger partial charge on any atom is -0.480 e. The van der Waals surface area contributed by atoms with Crippen molar-refractivity contribution in [3.05, 3.63) is 0 Å². The summed E-state index contributed by atoms with van der Waals surface area (Å²) in [5.74, 6) is -1.41. The van der Waals surface area contributed by atoms with Crippen molar-refractivity contribution in [2.75, 3.05) is 13.1 Å². The molecule has 0 spiro atoms. The minimum absolute atomic E-state index is 0.193. The van der Waals surface area contributed by atoms with Crippen molar-refractivity contribution in [1.82, 2.24) is 9.80 Å². The van der Waals surface area contributed by atoms with E-state index >= 15 is 0 Å². The molecular formula is C12H17F3N2O3. The Labute approximate surface area is 114 Å². The van der Waals surface area contributed by atoms with Gasteiger partial charge in [-0.1, -0.05) is 6.92 Å². The maximum absolute atomic E-state index is 12.5. The predicted octanol–water partition coefficient (Wildman–Crippen LogP) is 1.93. The molecule has 1 heterocycles. The molecule has 1 aliphatic carbocycles. The van der Waals surface area contributed by atoms with Crippen LogP contribution in [0.15, 0.2) is 0 Å². The summed E-state index contributed by atoms with van der Waals surface area (Å²) in [5, 5.41) is 9.14. The van der Waals surface area contributed by atoms with E-state index in [0.29, 0.717) is 19.3 Å². The van der Waals surface area contributed by atoms with Gasteiger partial charge in [-0.2, -0.15) is 13.2 Å². The molecule has 20 heavy (non-hydrogen) atoms. The molecule has 1 aliphatic heterocycles. The van der Waals surface area contributed by atoms with Crippen LogP contribution in [0.3, 0.4) is 0 Å². The summed E-state index contributed by atoms with van der Waals surface area (Å²) in [6.45, 7) is 0.572. The SMILES string of the molecule is CC1CCN(C(=O)N(CC(F)(F)F)C2CC2)C1C(=O)O. The molecule has 0 radical (unpaired) electrons. The highest BCUT2D eigenvalue weighted by Crippen LogP contribution is 2.33. The van der Waals surface area contributed by atoms with Gasteiger partial charge in [-0.25, -0.2) is 9.59 Å². The van der Waals surface area contributed by atoms with Crippen LogP contribution >= 0.6 is 0 Å². The Morgan fingerprint density at radius 3 is 2.35 bits per heavy atom. The lowest BCUT2D eigenvalue weighted by Gasteiger charge is -2.31. The van der Waals surface area contributed by atoms with Crippen LogP contribution < -0.4 is 0 Å². The number of rotatable bonds is 3. The van der Waals surface area contributed by atoms with E-state index < -0.39 is 36.8 Å². The molecule has 0 bridgehead atoms. The van der Waals surface area contributed by atoms with E-state index in [1.54, 1.807) is 6.92 Å². The van der Waals surface area contributed by atoms with Gasteiger partial charge in [0.05, 0.1) is 0 Å². The van der Waals surface area contributed by atoms with Crippen LogP contribution in [0.25, 0.3) is 0 Å². The number of hydrogen-bond acceptors (Lipinski definition) is 2. The lowest BCUT2D eigenvalue weighted by Crippen LogP contribution is -2.52. The Bertz CT molecular complexity index is 409. The molecule has 114 valence electrons. The molecule has 2 rings (SSSR count). The van der Waals surface area contributed by atoms with Crippen molar-refractivity contribution in [3.8, 4) is 0 Å². The first-order valence-electron chi connectivity index (χ1n) is 6.57. The number of carboxylic acid groups (broad SMARTS) is 1. The number of aliphatic carboxylic acids is 1. The molecule has 0 aromatic carbocycles. The largest absolute Gasteiger partial charge is 0.480 e. The minimum atomic E-state index is -4.47. The van der Waals surface area contributed by atoms with E-state index in [4.69, 9.17) is 5.11 Å². The standard InChI is InChI=1S/C12H17F3N2O3/c1-7-4-5-16(9(7)10(18)19)11(20)17(8-2-3-8)6-12(13,14)15/h7-9H,2-6H2,1H3,(H,18,19). The number of carbonyl (C=O) groups is 2. The Balaban J connectivity index is 2.13. The summed E-state index contributed by atoms with van der Waals surface area (Å²) in [6.07, 6.45) is -2.89. The topological polar surface area (TPSA) is 60.9 Å². The number of carbonyl (C=O) groups excluding carboxylic acids is 1. The number of urea groups is 1. The number of hydrogen-bond donors (Lipinski definition) is 1. The van der Waals surface area contributed by atoms with Crippen molar-refractivity contribution in [1.29, 1.82) is 0 Å². The molecule has 1 N–H and O–H groups in total. The van der Waals surface area contributed by atoms with Gasteiger partial charge in [0.1, 0.15) is 12.6 Å². The molecule has 2 fully saturated rings. The van der Waals surface area contributed by atoms with E-state index in [1.807, 2.05) is 0 Å². The summed E-state index contributed by atoms with van der Waals surface area (Å²) in [6, 6.07) is -2.24. The van der Waals surface area contributed by atoms with Gasteiger partial charge in [0.15, 0.2) is 0 Å². The van der Waals surface area contributed by atoms with E-state index in [2.05, 4.69) is 0 Å². The number of carboxylic acids is 1. The molecule has 0 aromatic heterocycles. The summed E-state index contributed by atoms with van der Waals surface area (Å²) in [4.78, 5) is 25.3. The zero-order valence-corrected chi connectivity index (χ0v) is 11.1. The van der Waals surface area contributed by atoms with Crippen LogP contribution in [0.5, 0.6) is 0 Å². The van der Waals surface area contributed by atoms with Crippen LogP contribution in [-0.4, -0.2) is 58.3 Å². The first kappa shape index (κ1) is 14.9.